The van der Waals surface area contributed by atoms with Crippen LogP contribution in [0.3, 0.4) is 0 Å². The minimum absolute atomic E-state index is 0.0444. The van der Waals surface area contributed by atoms with Crippen LogP contribution in [0.4, 0.5) is 13.2 Å². The summed E-state index contributed by atoms with van der Waals surface area (Å²) in [5.41, 5.74) is 1.53. The van der Waals surface area contributed by atoms with Crippen LogP contribution in [0.25, 0.3) is 11.0 Å². The van der Waals surface area contributed by atoms with Gasteiger partial charge in [0.05, 0.1) is 16.8 Å². The van der Waals surface area contributed by atoms with E-state index in [2.05, 4.69) is 10.3 Å². The third kappa shape index (κ3) is 4.14. The Hall–Kier alpha value is -2.48. The summed E-state index contributed by atoms with van der Waals surface area (Å²) in [4.78, 5) is 16.1. The zero-order valence-corrected chi connectivity index (χ0v) is 13.8. The highest BCUT2D eigenvalue weighted by atomic mass is 32.2. The molecule has 0 saturated heterocycles. The molecule has 25 heavy (non-hydrogen) atoms. The van der Waals surface area contributed by atoms with Crippen LogP contribution in [0.1, 0.15) is 12.1 Å². The van der Waals surface area contributed by atoms with Crippen molar-refractivity contribution in [1.82, 2.24) is 14.9 Å². The van der Waals surface area contributed by atoms with Crippen LogP contribution in [0.2, 0.25) is 0 Å². The zero-order chi connectivity index (χ0) is 17.8. The summed E-state index contributed by atoms with van der Waals surface area (Å²) in [7, 11) is 0. The molecule has 0 saturated carbocycles. The molecule has 1 N–H and O–H groups in total. The van der Waals surface area contributed by atoms with Crippen LogP contribution in [0.5, 0.6) is 0 Å². The SMILES string of the molecule is O=C(CSc1nc2ccccc2n1C(F)F)NCc1ccc(F)cc1. The van der Waals surface area contributed by atoms with Crippen LogP contribution >= 0.6 is 11.8 Å². The number of imidazole rings is 1. The van der Waals surface area contributed by atoms with Gasteiger partial charge in [0.25, 0.3) is 0 Å². The molecule has 0 fully saturated rings. The Bertz CT molecular complexity index is 880. The zero-order valence-electron chi connectivity index (χ0n) is 13.0. The number of nitrogens with zero attached hydrogens (tertiary/aromatic N) is 2. The number of halogens is 3. The van der Waals surface area contributed by atoms with Crippen molar-refractivity contribution >= 4 is 28.7 Å². The number of carbonyl (C=O) groups excluding carboxylic acids is 1. The van der Waals surface area contributed by atoms with Gasteiger partial charge in [-0.05, 0) is 29.8 Å². The van der Waals surface area contributed by atoms with Crippen molar-refractivity contribution in [3.63, 3.8) is 0 Å². The summed E-state index contributed by atoms with van der Waals surface area (Å²) in [6.45, 7) is -2.50. The van der Waals surface area contributed by atoms with Gasteiger partial charge in [0, 0.05) is 6.54 Å². The fourth-order valence-electron chi connectivity index (χ4n) is 2.30. The Kier molecular flexibility index (Phi) is 5.28. The minimum Gasteiger partial charge on any atom is -0.351 e. The highest BCUT2D eigenvalue weighted by Crippen LogP contribution is 2.28. The van der Waals surface area contributed by atoms with Crippen molar-refractivity contribution in [1.29, 1.82) is 0 Å². The van der Waals surface area contributed by atoms with Gasteiger partial charge in [0.1, 0.15) is 5.82 Å². The molecule has 0 bridgehead atoms. The number of hydrogen-bond acceptors (Lipinski definition) is 3. The van der Waals surface area contributed by atoms with E-state index in [9.17, 15) is 18.0 Å². The van der Waals surface area contributed by atoms with E-state index in [1.165, 1.54) is 12.1 Å². The molecule has 4 nitrogen and oxygen atoms in total. The minimum atomic E-state index is -2.74. The Morgan fingerprint density at radius 2 is 1.88 bits per heavy atom. The first-order valence-electron chi connectivity index (χ1n) is 7.43. The van der Waals surface area contributed by atoms with E-state index in [4.69, 9.17) is 0 Å². The van der Waals surface area contributed by atoms with Gasteiger partial charge in [-0.15, -0.1) is 0 Å². The summed E-state index contributed by atoms with van der Waals surface area (Å²) in [6, 6.07) is 12.3. The molecular formula is C17H14F3N3OS. The van der Waals surface area contributed by atoms with E-state index in [0.717, 1.165) is 21.9 Å². The van der Waals surface area contributed by atoms with Crippen LogP contribution in [0.15, 0.2) is 53.7 Å². The molecule has 0 radical (unpaired) electrons. The van der Waals surface area contributed by atoms with Crippen LogP contribution in [-0.2, 0) is 11.3 Å². The molecule has 0 atom stereocenters. The summed E-state index contributed by atoms with van der Waals surface area (Å²) in [5.74, 6) is -0.712. The molecule has 0 aliphatic carbocycles. The van der Waals surface area contributed by atoms with E-state index < -0.39 is 6.55 Å². The van der Waals surface area contributed by atoms with Gasteiger partial charge in [-0.25, -0.2) is 9.37 Å². The van der Waals surface area contributed by atoms with Gasteiger partial charge in [-0.3, -0.25) is 9.36 Å². The number of carbonyl (C=O) groups is 1. The molecule has 0 unspecified atom stereocenters. The average Bonchev–Trinajstić information content (AvgIpc) is 2.98. The van der Waals surface area contributed by atoms with Crippen molar-refractivity contribution in [3.8, 4) is 0 Å². The lowest BCUT2D eigenvalue weighted by Gasteiger charge is -2.08. The van der Waals surface area contributed by atoms with Crippen molar-refractivity contribution < 1.29 is 18.0 Å². The summed E-state index contributed by atoms with van der Waals surface area (Å²) >= 11 is 0.947. The van der Waals surface area contributed by atoms with Crippen molar-refractivity contribution in [3.05, 3.63) is 59.9 Å². The first-order chi connectivity index (χ1) is 12.0. The van der Waals surface area contributed by atoms with E-state index in [-0.39, 0.29) is 29.2 Å². The molecule has 0 spiro atoms. The van der Waals surface area contributed by atoms with Crippen molar-refractivity contribution in [2.75, 3.05) is 5.75 Å². The maximum Gasteiger partial charge on any atom is 0.321 e. The summed E-state index contributed by atoms with van der Waals surface area (Å²) in [6.07, 6.45) is 0. The molecule has 2 aromatic carbocycles. The second-order valence-corrected chi connectivity index (χ2v) is 6.17. The van der Waals surface area contributed by atoms with Gasteiger partial charge in [0.2, 0.25) is 5.91 Å². The number of fused-ring (bicyclic) bond motifs is 1. The highest BCUT2D eigenvalue weighted by molar-refractivity contribution is 7.99. The molecule has 8 heteroatoms. The third-order valence-electron chi connectivity index (χ3n) is 3.49. The fourth-order valence-corrected chi connectivity index (χ4v) is 3.14. The van der Waals surface area contributed by atoms with E-state index >= 15 is 0 Å². The summed E-state index contributed by atoms with van der Waals surface area (Å²) in [5, 5.41) is 2.76. The maximum absolute atomic E-state index is 13.3. The number of benzene rings is 2. The largest absolute Gasteiger partial charge is 0.351 e. The number of thioether (sulfide) groups is 1. The molecular weight excluding hydrogens is 351 g/mol. The standard InChI is InChI=1S/C17H14F3N3OS/c18-12-7-5-11(6-8-12)9-21-15(24)10-25-17-22-13-3-1-2-4-14(13)23(17)16(19)20/h1-8,16H,9-10H2,(H,21,24). The number of rotatable bonds is 6. The Balaban J connectivity index is 1.63. The molecule has 3 rings (SSSR count). The monoisotopic (exact) mass is 365 g/mol. The highest BCUT2D eigenvalue weighted by Gasteiger charge is 2.18. The Morgan fingerprint density at radius 3 is 2.60 bits per heavy atom. The third-order valence-corrected chi connectivity index (χ3v) is 4.45. The molecule has 1 heterocycles. The van der Waals surface area contributed by atoms with E-state index in [0.29, 0.717) is 11.0 Å². The average molecular weight is 365 g/mol. The molecule has 0 aliphatic heterocycles. The number of para-hydroxylation sites is 2. The van der Waals surface area contributed by atoms with E-state index in [1.807, 2.05) is 0 Å². The van der Waals surface area contributed by atoms with E-state index in [1.54, 1.807) is 36.4 Å². The first kappa shape index (κ1) is 17.3. The fraction of sp³-hybridized carbons (Fsp3) is 0.176. The quantitative estimate of drug-likeness (QED) is 0.672. The summed E-state index contributed by atoms with van der Waals surface area (Å²) < 4.78 is 40.2. The molecule has 1 aromatic heterocycles. The smallest absolute Gasteiger partial charge is 0.321 e. The van der Waals surface area contributed by atoms with Crippen LogP contribution < -0.4 is 5.32 Å². The van der Waals surface area contributed by atoms with Gasteiger partial charge < -0.3 is 5.32 Å². The number of hydrogen-bond donors (Lipinski definition) is 1. The predicted octanol–water partition coefficient (Wildman–Crippen LogP) is 3.98. The van der Waals surface area contributed by atoms with Gasteiger partial charge >= 0.3 is 6.55 Å². The molecule has 0 aliphatic rings. The first-order valence-corrected chi connectivity index (χ1v) is 8.42. The topological polar surface area (TPSA) is 46.9 Å². The Labute approximate surface area is 146 Å². The lowest BCUT2D eigenvalue weighted by atomic mass is 10.2. The molecule has 130 valence electrons. The van der Waals surface area contributed by atoms with Gasteiger partial charge in [0.15, 0.2) is 5.16 Å². The normalized spacial score (nSPS) is 11.2. The lowest BCUT2D eigenvalue weighted by Crippen LogP contribution is -2.24. The number of amides is 1. The van der Waals surface area contributed by atoms with Gasteiger partial charge in [-0.2, -0.15) is 8.78 Å². The second-order valence-electron chi connectivity index (χ2n) is 5.22. The number of alkyl halides is 2. The molecule has 1 amide bonds. The number of nitrogens with one attached hydrogen (secondary N) is 1. The predicted molar refractivity (Wildman–Crippen MR) is 90.0 cm³/mol. The molecule has 3 aromatic rings. The van der Waals surface area contributed by atoms with Crippen molar-refractivity contribution in [2.24, 2.45) is 0 Å². The van der Waals surface area contributed by atoms with Crippen LogP contribution in [-0.4, -0.2) is 21.2 Å². The van der Waals surface area contributed by atoms with Gasteiger partial charge in [-0.1, -0.05) is 36.0 Å². The Morgan fingerprint density at radius 1 is 1.16 bits per heavy atom. The van der Waals surface area contributed by atoms with Crippen LogP contribution in [0, 0.1) is 5.82 Å². The number of aromatic nitrogens is 2. The maximum atomic E-state index is 13.3. The second kappa shape index (κ2) is 7.60. The van der Waals surface area contributed by atoms with Crippen molar-refractivity contribution in [2.45, 2.75) is 18.3 Å². The lowest BCUT2D eigenvalue weighted by molar-refractivity contribution is -0.118.